The molecule has 0 fully saturated rings. The number of nitrogens with zero attached hydrogens (tertiary/aromatic N) is 1. The maximum Gasteiger partial charge on any atom is 0.140 e. The fourth-order valence-electron chi connectivity index (χ4n) is 1.21. The average Bonchev–Trinajstić information content (AvgIpc) is 2.37. The van der Waals surface area contributed by atoms with Crippen LogP contribution in [0.4, 0.5) is 0 Å². The maximum atomic E-state index is 5.24. The van der Waals surface area contributed by atoms with E-state index in [0.29, 0.717) is 6.42 Å². The van der Waals surface area contributed by atoms with Gasteiger partial charge in [0.1, 0.15) is 11.9 Å². The van der Waals surface area contributed by atoms with Gasteiger partial charge in [-0.25, -0.2) is 0 Å². The summed E-state index contributed by atoms with van der Waals surface area (Å²) < 4.78 is 5.24. The number of para-hydroxylation sites is 1. The normalized spacial score (nSPS) is 9.00. The van der Waals surface area contributed by atoms with Gasteiger partial charge in [0, 0.05) is 6.20 Å². The van der Waals surface area contributed by atoms with Gasteiger partial charge in [-0.05, 0) is 24.3 Å². The largest absolute Gasteiger partial charge is 0.408 e. The molecule has 2 nitrogen and oxygen atoms in total. The van der Waals surface area contributed by atoms with Gasteiger partial charge in [-0.1, -0.05) is 30.2 Å². The lowest BCUT2D eigenvalue weighted by molar-refractivity contribution is 0.519. The van der Waals surface area contributed by atoms with E-state index in [0.717, 1.165) is 11.4 Å². The van der Waals surface area contributed by atoms with Gasteiger partial charge in [-0.2, -0.15) is 0 Å². The van der Waals surface area contributed by atoms with Crippen molar-refractivity contribution in [2.45, 2.75) is 6.42 Å². The van der Waals surface area contributed by atoms with Crippen LogP contribution in [0.25, 0.3) is 0 Å². The van der Waals surface area contributed by atoms with E-state index in [1.165, 1.54) is 0 Å². The Labute approximate surface area is 94.9 Å². The molecule has 0 saturated carbocycles. The quantitative estimate of drug-likeness (QED) is 0.709. The van der Waals surface area contributed by atoms with Crippen molar-refractivity contribution in [3.63, 3.8) is 0 Å². The number of benzene rings is 1. The highest BCUT2D eigenvalue weighted by atomic mass is 16.5. The molecular weight excluding hydrogens is 198 g/mol. The third kappa shape index (κ3) is 3.14. The molecule has 78 valence electrons. The molecule has 0 N–H and O–H groups in total. The monoisotopic (exact) mass is 209 g/mol. The molecule has 0 radical (unpaired) electrons. The maximum absolute atomic E-state index is 5.24. The highest BCUT2D eigenvalue weighted by molar-refractivity contribution is 5.23. The Morgan fingerprint density at radius 3 is 2.56 bits per heavy atom. The van der Waals surface area contributed by atoms with Gasteiger partial charge in [0.05, 0.1) is 12.1 Å². The van der Waals surface area contributed by atoms with E-state index in [9.17, 15) is 0 Å². The predicted molar refractivity (Wildman–Crippen MR) is 62.8 cm³/mol. The van der Waals surface area contributed by atoms with E-state index in [2.05, 4.69) is 17.0 Å². The number of aromatic nitrogens is 1. The molecule has 0 saturated heterocycles. The topological polar surface area (TPSA) is 22.1 Å². The van der Waals surface area contributed by atoms with Gasteiger partial charge >= 0.3 is 0 Å². The Morgan fingerprint density at radius 1 is 1.00 bits per heavy atom. The first kappa shape index (κ1) is 10.3. The van der Waals surface area contributed by atoms with E-state index >= 15 is 0 Å². The van der Waals surface area contributed by atoms with Crippen LogP contribution >= 0.6 is 0 Å². The molecule has 0 aliphatic rings. The summed E-state index contributed by atoms with van der Waals surface area (Å²) in [7, 11) is 0. The summed E-state index contributed by atoms with van der Waals surface area (Å²) in [5, 5.41) is 0. The first-order valence-electron chi connectivity index (χ1n) is 5.05. The molecule has 0 bridgehead atoms. The van der Waals surface area contributed by atoms with Crippen LogP contribution in [-0.2, 0) is 6.42 Å². The molecule has 0 aliphatic carbocycles. The number of rotatable bonds is 2. The van der Waals surface area contributed by atoms with Gasteiger partial charge in [0.25, 0.3) is 0 Å². The molecule has 0 unspecified atom stereocenters. The van der Waals surface area contributed by atoms with Crippen LogP contribution in [-0.4, -0.2) is 4.98 Å². The minimum Gasteiger partial charge on any atom is -0.408 e. The molecule has 2 rings (SSSR count). The van der Waals surface area contributed by atoms with Crippen molar-refractivity contribution in [2.24, 2.45) is 0 Å². The molecule has 0 aliphatic heterocycles. The minimum absolute atomic E-state index is 0.605. The van der Waals surface area contributed by atoms with E-state index < -0.39 is 0 Å². The highest BCUT2D eigenvalue weighted by Crippen LogP contribution is 2.06. The molecule has 2 heteroatoms. The SMILES string of the molecule is C(#COc1ccccc1)Cc1ccccn1. The molecule has 1 aromatic heterocycles. The standard InChI is InChI=1S/C14H11NO/c1-2-9-14(10-3-1)16-12-6-8-13-7-4-5-11-15-13/h1-5,7,9-11H,8H2. The predicted octanol–water partition coefficient (Wildman–Crippen LogP) is 2.66. The number of hydrogen-bond acceptors (Lipinski definition) is 2. The van der Waals surface area contributed by atoms with Crippen LogP contribution < -0.4 is 4.74 Å². The van der Waals surface area contributed by atoms with Crippen molar-refractivity contribution in [1.29, 1.82) is 0 Å². The summed E-state index contributed by atoms with van der Waals surface area (Å²) in [6, 6.07) is 15.3. The first-order chi connectivity index (χ1) is 7.95. The molecule has 1 aromatic carbocycles. The average molecular weight is 209 g/mol. The zero-order valence-corrected chi connectivity index (χ0v) is 8.76. The lowest BCUT2D eigenvalue weighted by Crippen LogP contribution is -1.87. The van der Waals surface area contributed by atoms with E-state index in [4.69, 9.17) is 4.74 Å². The van der Waals surface area contributed by atoms with Crippen molar-refractivity contribution < 1.29 is 4.74 Å². The molecule has 2 aromatic rings. The van der Waals surface area contributed by atoms with E-state index in [1.807, 2.05) is 48.5 Å². The van der Waals surface area contributed by atoms with Gasteiger partial charge < -0.3 is 4.74 Å². The third-order valence-electron chi connectivity index (χ3n) is 1.98. The minimum atomic E-state index is 0.605. The van der Waals surface area contributed by atoms with Gasteiger partial charge in [0.15, 0.2) is 0 Å². The smallest absolute Gasteiger partial charge is 0.140 e. The molecule has 16 heavy (non-hydrogen) atoms. The summed E-state index contributed by atoms with van der Waals surface area (Å²) in [5.74, 6) is 3.68. The van der Waals surface area contributed by atoms with Crippen LogP contribution in [0.15, 0.2) is 54.7 Å². The first-order valence-corrected chi connectivity index (χ1v) is 5.05. The lowest BCUT2D eigenvalue weighted by Gasteiger charge is -1.94. The second-order valence-electron chi connectivity index (χ2n) is 3.19. The molecule has 1 heterocycles. The van der Waals surface area contributed by atoms with E-state index in [1.54, 1.807) is 6.20 Å². The molecule has 0 atom stereocenters. The second-order valence-corrected chi connectivity index (χ2v) is 3.19. The second kappa shape index (κ2) is 5.57. The summed E-state index contributed by atoms with van der Waals surface area (Å²) in [6.45, 7) is 0. The van der Waals surface area contributed by atoms with Crippen molar-refractivity contribution >= 4 is 0 Å². The van der Waals surface area contributed by atoms with Crippen molar-refractivity contribution in [2.75, 3.05) is 0 Å². The Balaban J connectivity index is 1.88. The molecule has 0 spiro atoms. The van der Waals surface area contributed by atoms with Crippen LogP contribution in [0, 0.1) is 12.0 Å². The zero-order valence-electron chi connectivity index (χ0n) is 8.76. The Bertz CT molecular complexity index is 437. The van der Waals surface area contributed by atoms with Crippen LogP contribution in [0.3, 0.4) is 0 Å². The number of pyridine rings is 1. The van der Waals surface area contributed by atoms with Crippen molar-refractivity contribution in [1.82, 2.24) is 4.98 Å². The van der Waals surface area contributed by atoms with Gasteiger partial charge in [-0.3, -0.25) is 4.98 Å². The third-order valence-corrected chi connectivity index (χ3v) is 1.98. The van der Waals surface area contributed by atoms with Crippen molar-refractivity contribution in [3.8, 4) is 17.8 Å². The summed E-state index contributed by atoms with van der Waals surface area (Å²) in [4.78, 5) is 4.17. The lowest BCUT2D eigenvalue weighted by atomic mass is 10.3. The number of hydrogen-bond donors (Lipinski definition) is 0. The summed E-state index contributed by atoms with van der Waals surface area (Å²) in [6.07, 6.45) is 5.02. The molecular formula is C14H11NO. The van der Waals surface area contributed by atoms with Gasteiger partial charge in [0.2, 0.25) is 0 Å². The van der Waals surface area contributed by atoms with Gasteiger partial charge in [-0.15, -0.1) is 0 Å². The van der Waals surface area contributed by atoms with Crippen LogP contribution in [0.5, 0.6) is 5.75 Å². The highest BCUT2D eigenvalue weighted by Gasteiger charge is 1.88. The summed E-state index contributed by atoms with van der Waals surface area (Å²) in [5.41, 5.74) is 0.951. The fraction of sp³-hybridized carbons (Fsp3) is 0.0714. The van der Waals surface area contributed by atoms with Crippen LogP contribution in [0.1, 0.15) is 5.69 Å². The Morgan fingerprint density at radius 2 is 1.81 bits per heavy atom. The zero-order chi connectivity index (χ0) is 11.1. The number of ether oxygens (including phenoxy) is 1. The van der Waals surface area contributed by atoms with Crippen molar-refractivity contribution in [3.05, 3.63) is 60.4 Å². The summed E-state index contributed by atoms with van der Waals surface area (Å²) >= 11 is 0. The molecule has 0 amide bonds. The Kier molecular flexibility index (Phi) is 3.57. The fourth-order valence-corrected chi connectivity index (χ4v) is 1.21. The van der Waals surface area contributed by atoms with Crippen LogP contribution in [0.2, 0.25) is 0 Å². The Hall–Kier alpha value is -2.27. The van der Waals surface area contributed by atoms with E-state index in [-0.39, 0.29) is 0 Å².